The Morgan fingerprint density at radius 1 is 1.29 bits per heavy atom. The smallest absolute Gasteiger partial charge is 0.0598 e. The summed E-state index contributed by atoms with van der Waals surface area (Å²) in [5.41, 5.74) is 0.0350. The lowest BCUT2D eigenvalue weighted by Gasteiger charge is -2.19. The lowest BCUT2D eigenvalue weighted by atomic mass is 10.0. The SMILES string of the molecule is CC(C)(C)OCCCCC1C=CCC1. The van der Waals surface area contributed by atoms with Crippen molar-refractivity contribution < 1.29 is 4.74 Å². The molecule has 1 atom stereocenters. The third-order valence-corrected chi connectivity index (χ3v) is 2.62. The predicted octanol–water partition coefficient (Wildman–Crippen LogP) is 3.94. The molecule has 0 saturated carbocycles. The van der Waals surface area contributed by atoms with E-state index in [9.17, 15) is 0 Å². The zero-order valence-corrected chi connectivity index (χ0v) is 9.88. The van der Waals surface area contributed by atoms with Gasteiger partial charge in [-0.05, 0) is 52.4 Å². The van der Waals surface area contributed by atoms with Crippen LogP contribution >= 0.6 is 0 Å². The molecule has 82 valence electrons. The molecule has 1 nitrogen and oxygen atoms in total. The quantitative estimate of drug-likeness (QED) is 0.478. The highest BCUT2D eigenvalue weighted by atomic mass is 16.5. The molecule has 1 aliphatic rings. The van der Waals surface area contributed by atoms with Crippen molar-refractivity contribution in [1.82, 2.24) is 0 Å². The second-order valence-corrected chi connectivity index (χ2v) is 5.22. The summed E-state index contributed by atoms with van der Waals surface area (Å²) in [5, 5.41) is 0. The molecule has 0 saturated heterocycles. The van der Waals surface area contributed by atoms with Gasteiger partial charge in [0.25, 0.3) is 0 Å². The van der Waals surface area contributed by atoms with Crippen LogP contribution in [-0.2, 0) is 4.74 Å². The molecule has 0 aromatic rings. The van der Waals surface area contributed by atoms with Gasteiger partial charge in [-0.15, -0.1) is 0 Å². The van der Waals surface area contributed by atoms with E-state index in [-0.39, 0.29) is 5.60 Å². The van der Waals surface area contributed by atoms with Crippen LogP contribution in [0, 0.1) is 5.92 Å². The molecule has 0 fully saturated rings. The largest absolute Gasteiger partial charge is 0.376 e. The summed E-state index contributed by atoms with van der Waals surface area (Å²) >= 11 is 0. The number of unbranched alkanes of at least 4 members (excludes halogenated alkanes) is 1. The van der Waals surface area contributed by atoms with E-state index < -0.39 is 0 Å². The lowest BCUT2D eigenvalue weighted by Crippen LogP contribution is -2.19. The van der Waals surface area contributed by atoms with Gasteiger partial charge in [0.2, 0.25) is 0 Å². The van der Waals surface area contributed by atoms with Gasteiger partial charge in [-0.25, -0.2) is 0 Å². The average Bonchev–Trinajstić information content (AvgIpc) is 2.54. The number of ether oxygens (including phenoxy) is 1. The zero-order chi connectivity index (χ0) is 10.4. The Morgan fingerprint density at radius 3 is 2.64 bits per heavy atom. The van der Waals surface area contributed by atoms with Crippen LogP contribution in [-0.4, -0.2) is 12.2 Å². The van der Waals surface area contributed by atoms with Gasteiger partial charge in [0.05, 0.1) is 5.60 Å². The predicted molar refractivity (Wildman–Crippen MR) is 61.4 cm³/mol. The minimum absolute atomic E-state index is 0.0350. The number of hydrogen-bond donors (Lipinski definition) is 0. The van der Waals surface area contributed by atoms with Gasteiger partial charge < -0.3 is 4.74 Å². The van der Waals surface area contributed by atoms with Gasteiger partial charge in [-0.3, -0.25) is 0 Å². The standard InChI is InChI=1S/C13H24O/c1-13(2,3)14-11-7-6-10-12-8-4-5-9-12/h4,8,12H,5-7,9-11H2,1-3H3. The molecule has 14 heavy (non-hydrogen) atoms. The molecule has 0 heterocycles. The maximum Gasteiger partial charge on any atom is 0.0598 e. The Balaban J connectivity index is 1.92. The van der Waals surface area contributed by atoms with E-state index in [0.29, 0.717) is 0 Å². The van der Waals surface area contributed by atoms with Crippen molar-refractivity contribution in [2.45, 2.75) is 58.5 Å². The van der Waals surface area contributed by atoms with Gasteiger partial charge in [0, 0.05) is 6.61 Å². The second-order valence-electron chi connectivity index (χ2n) is 5.22. The van der Waals surface area contributed by atoms with Crippen molar-refractivity contribution in [3.63, 3.8) is 0 Å². The molecule has 0 aromatic heterocycles. The van der Waals surface area contributed by atoms with E-state index in [1.165, 1.54) is 32.1 Å². The first-order valence-electron chi connectivity index (χ1n) is 5.88. The molecule has 0 amide bonds. The Hall–Kier alpha value is -0.300. The maximum absolute atomic E-state index is 5.68. The van der Waals surface area contributed by atoms with Gasteiger partial charge >= 0.3 is 0 Å². The van der Waals surface area contributed by atoms with Crippen molar-refractivity contribution in [1.29, 1.82) is 0 Å². The molecule has 0 spiro atoms. The minimum atomic E-state index is 0.0350. The monoisotopic (exact) mass is 196 g/mol. The first-order chi connectivity index (χ1) is 6.58. The summed E-state index contributed by atoms with van der Waals surface area (Å²) in [6.45, 7) is 7.27. The van der Waals surface area contributed by atoms with Crippen LogP contribution < -0.4 is 0 Å². The van der Waals surface area contributed by atoms with Gasteiger partial charge in [0.1, 0.15) is 0 Å². The van der Waals surface area contributed by atoms with E-state index in [0.717, 1.165) is 12.5 Å². The lowest BCUT2D eigenvalue weighted by molar-refractivity contribution is -0.00490. The number of allylic oxidation sites excluding steroid dienone is 2. The van der Waals surface area contributed by atoms with E-state index in [1.807, 2.05) is 0 Å². The summed E-state index contributed by atoms with van der Waals surface area (Å²) < 4.78 is 5.68. The summed E-state index contributed by atoms with van der Waals surface area (Å²) in [5.74, 6) is 0.865. The fourth-order valence-electron chi connectivity index (χ4n) is 1.82. The van der Waals surface area contributed by atoms with Gasteiger partial charge in [-0.2, -0.15) is 0 Å². The van der Waals surface area contributed by atoms with Crippen molar-refractivity contribution in [2.75, 3.05) is 6.61 Å². The minimum Gasteiger partial charge on any atom is -0.376 e. The molecule has 1 heteroatoms. The number of hydrogen-bond acceptors (Lipinski definition) is 1. The number of rotatable bonds is 5. The van der Waals surface area contributed by atoms with Crippen LogP contribution in [0.1, 0.15) is 52.9 Å². The third-order valence-electron chi connectivity index (χ3n) is 2.62. The fraction of sp³-hybridized carbons (Fsp3) is 0.846. The Labute approximate surface area is 88.5 Å². The van der Waals surface area contributed by atoms with Crippen LogP contribution in [0.5, 0.6) is 0 Å². The molecular weight excluding hydrogens is 172 g/mol. The molecule has 0 aromatic carbocycles. The molecule has 0 N–H and O–H groups in total. The van der Waals surface area contributed by atoms with Crippen molar-refractivity contribution >= 4 is 0 Å². The Bertz CT molecular complexity index is 176. The van der Waals surface area contributed by atoms with Crippen molar-refractivity contribution in [2.24, 2.45) is 5.92 Å². The highest BCUT2D eigenvalue weighted by Crippen LogP contribution is 2.22. The van der Waals surface area contributed by atoms with E-state index in [2.05, 4.69) is 32.9 Å². The van der Waals surface area contributed by atoms with Crippen LogP contribution in [0.4, 0.5) is 0 Å². The van der Waals surface area contributed by atoms with Gasteiger partial charge in [0.15, 0.2) is 0 Å². The first kappa shape index (κ1) is 11.8. The highest BCUT2D eigenvalue weighted by Gasteiger charge is 2.10. The highest BCUT2D eigenvalue weighted by molar-refractivity contribution is 4.95. The summed E-state index contributed by atoms with van der Waals surface area (Å²) in [7, 11) is 0. The molecule has 1 rings (SSSR count). The molecular formula is C13H24O. The first-order valence-corrected chi connectivity index (χ1v) is 5.88. The third kappa shape index (κ3) is 5.43. The molecule has 1 aliphatic carbocycles. The van der Waals surface area contributed by atoms with Crippen LogP contribution in [0.15, 0.2) is 12.2 Å². The van der Waals surface area contributed by atoms with Crippen molar-refractivity contribution in [3.05, 3.63) is 12.2 Å². The molecule has 1 unspecified atom stereocenters. The fourth-order valence-corrected chi connectivity index (χ4v) is 1.82. The Kier molecular flexibility index (Phi) is 4.67. The van der Waals surface area contributed by atoms with Crippen LogP contribution in [0.3, 0.4) is 0 Å². The zero-order valence-electron chi connectivity index (χ0n) is 9.88. The van der Waals surface area contributed by atoms with E-state index in [4.69, 9.17) is 4.74 Å². The second kappa shape index (κ2) is 5.55. The van der Waals surface area contributed by atoms with Crippen LogP contribution in [0.25, 0.3) is 0 Å². The summed E-state index contributed by atoms with van der Waals surface area (Å²) in [4.78, 5) is 0. The summed E-state index contributed by atoms with van der Waals surface area (Å²) in [6.07, 6.45) is 11.2. The van der Waals surface area contributed by atoms with Crippen molar-refractivity contribution in [3.8, 4) is 0 Å². The Morgan fingerprint density at radius 2 is 2.07 bits per heavy atom. The maximum atomic E-state index is 5.68. The molecule has 0 bridgehead atoms. The van der Waals surface area contributed by atoms with E-state index >= 15 is 0 Å². The van der Waals surface area contributed by atoms with Crippen LogP contribution in [0.2, 0.25) is 0 Å². The molecule has 0 radical (unpaired) electrons. The average molecular weight is 196 g/mol. The molecule has 0 aliphatic heterocycles. The summed E-state index contributed by atoms with van der Waals surface area (Å²) in [6, 6.07) is 0. The van der Waals surface area contributed by atoms with E-state index in [1.54, 1.807) is 0 Å². The normalized spacial score (nSPS) is 21.8. The topological polar surface area (TPSA) is 9.23 Å². The van der Waals surface area contributed by atoms with Gasteiger partial charge in [-0.1, -0.05) is 18.6 Å².